The van der Waals surface area contributed by atoms with Crippen molar-refractivity contribution in [3.63, 3.8) is 0 Å². The van der Waals surface area contributed by atoms with E-state index in [1.54, 1.807) is 54.9 Å². The van der Waals surface area contributed by atoms with Crippen LogP contribution in [0.2, 0.25) is 5.02 Å². The predicted octanol–water partition coefficient (Wildman–Crippen LogP) is 6.93. The molecule has 1 saturated heterocycles. The second-order valence-corrected chi connectivity index (χ2v) is 18.3. The van der Waals surface area contributed by atoms with Crippen LogP contribution in [-0.2, 0) is 36.5 Å². The van der Waals surface area contributed by atoms with Crippen LogP contribution >= 0.6 is 11.6 Å². The summed E-state index contributed by atoms with van der Waals surface area (Å²) in [6.07, 6.45) is 6.50. The highest BCUT2D eigenvalue weighted by Gasteiger charge is 2.46. The minimum Gasteiger partial charge on any atom is -0.598 e. The number of benzene rings is 3. The lowest BCUT2D eigenvalue weighted by Gasteiger charge is -2.39. The summed E-state index contributed by atoms with van der Waals surface area (Å²) in [5, 5.41) is 4.11. The third-order valence-electron chi connectivity index (χ3n) is 9.61. The Bertz CT molecular complexity index is 1980. The standard InChI is InChI=1S/C37H42ClFN4O5S2/c1-36(2,3)49(45)42-37(18-15-24-11-12-24,25-16-19-40-20-17-25)26-13-14-31(39)32(21-26)41-35(44)33-22-27(48-4)23-43(33)50(46,47)34-10-6-7-28-29(34)8-5-9-30(28)38/h5-10,13-14,16-17,19-21,24,27,33,42H,11-12,15,18,22-23H2,1-4H3,(H,41,44)/t27-,33-,37?,49?/m1/s1. The van der Waals surface area contributed by atoms with E-state index in [0.29, 0.717) is 33.7 Å². The number of carbonyl (C=O) groups excluding carboxylic acids is 1. The van der Waals surface area contributed by atoms with Gasteiger partial charge in [-0.15, -0.1) is 4.72 Å². The van der Waals surface area contributed by atoms with E-state index >= 15 is 4.39 Å². The summed E-state index contributed by atoms with van der Waals surface area (Å²) in [5.41, 5.74) is 0.296. The van der Waals surface area contributed by atoms with Crippen LogP contribution in [0.4, 0.5) is 10.1 Å². The third kappa shape index (κ3) is 7.43. The first-order valence-corrected chi connectivity index (χ1v) is 19.6. The van der Waals surface area contributed by atoms with Gasteiger partial charge in [0.2, 0.25) is 15.9 Å². The average Bonchev–Trinajstić information content (AvgIpc) is 3.82. The Hall–Kier alpha value is -3.10. The van der Waals surface area contributed by atoms with E-state index in [1.165, 1.54) is 19.2 Å². The number of nitrogens with one attached hydrogen (secondary N) is 2. The minimum atomic E-state index is -4.24. The monoisotopic (exact) mass is 740 g/mol. The van der Waals surface area contributed by atoms with E-state index in [1.807, 2.05) is 32.9 Å². The van der Waals surface area contributed by atoms with Crippen molar-refractivity contribution < 1.29 is 26.9 Å². The van der Waals surface area contributed by atoms with Crippen molar-refractivity contribution in [2.45, 2.75) is 80.2 Å². The number of amides is 1. The summed E-state index contributed by atoms with van der Waals surface area (Å²) in [6.45, 7) is 5.58. The maximum Gasteiger partial charge on any atom is 0.244 e. The number of anilines is 1. The number of methoxy groups -OCH3 is 1. The van der Waals surface area contributed by atoms with Gasteiger partial charge in [-0.2, -0.15) is 4.31 Å². The molecule has 13 heteroatoms. The molecule has 50 heavy (non-hydrogen) atoms. The van der Waals surface area contributed by atoms with Gasteiger partial charge in [-0.25, -0.2) is 12.8 Å². The largest absolute Gasteiger partial charge is 0.598 e. The molecule has 266 valence electrons. The van der Waals surface area contributed by atoms with Crippen molar-refractivity contribution in [3.05, 3.63) is 101 Å². The minimum absolute atomic E-state index is 0.0101. The fourth-order valence-electron chi connectivity index (χ4n) is 6.54. The lowest BCUT2D eigenvalue weighted by Crippen LogP contribution is -2.52. The Labute approximate surface area is 301 Å². The zero-order valence-corrected chi connectivity index (χ0v) is 30.9. The lowest BCUT2D eigenvalue weighted by atomic mass is 9.79. The van der Waals surface area contributed by atoms with Crippen LogP contribution < -0.4 is 10.0 Å². The molecule has 1 aromatic heterocycles. The Kier molecular flexibility index (Phi) is 10.6. The van der Waals surface area contributed by atoms with Gasteiger partial charge in [0.05, 0.1) is 16.7 Å². The summed E-state index contributed by atoms with van der Waals surface area (Å²) in [5.74, 6) is -0.840. The van der Waals surface area contributed by atoms with E-state index in [4.69, 9.17) is 16.3 Å². The first-order chi connectivity index (χ1) is 23.7. The van der Waals surface area contributed by atoms with Crippen LogP contribution in [-0.4, -0.2) is 58.7 Å². The van der Waals surface area contributed by atoms with Gasteiger partial charge in [0.15, 0.2) is 0 Å². The number of nitrogens with zero attached hydrogens (tertiary/aromatic N) is 2. The number of hydrogen-bond donors (Lipinski definition) is 2. The van der Waals surface area contributed by atoms with Crippen LogP contribution in [0, 0.1) is 11.7 Å². The van der Waals surface area contributed by atoms with Crippen LogP contribution in [0.3, 0.4) is 0 Å². The van der Waals surface area contributed by atoms with E-state index in [0.717, 1.165) is 29.1 Å². The van der Waals surface area contributed by atoms with E-state index in [-0.39, 0.29) is 23.5 Å². The molecule has 2 heterocycles. The molecule has 1 aliphatic heterocycles. The molecule has 1 amide bonds. The number of rotatable bonds is 12. The molecule has 0 spiro atoms. The zero-order valence-electron chi connectivity index (χ0n) is 28.5. The van der Waals surface area contributed by atoms with Crippen molar-refractivity contribution in [1.29, 1.82) is 0 Å². The Balaban J connectivity index is 1.37. The van der Waals surface area contributed by atoms with Gasteiger partial charge in [-0.05, 0) is 87.1 Å². The smallest absolute Gasteiger partial charge is 0.244 e. The molecule has 2 unspecified atom stereocenters. The molecule has 9 nitrogen and oxygen atoms in total. The number of hydrogen-bond acceptors (Lipinski definition) is 7. The molecule has 4 atom stereocenters. The molecular weight excluding hydrogens is 699 g/mol. The highest BCUT2D eigenvalue weighted by Crippen LogP contribution is 2.43. The fraction of sp³-hybridized carbons (Fsp3) is 0.405. The summed E-state index contributed by atoms with van der Waals surface area (Å²) in [6, 6.07) is 16.9. The Morgan fingerprint density at radius 3 is 2.44 bits per heavy atom. The maximum atomic E-state index is 15.7. The third-order valence-corrected chi connectivity index (χ3v) is 13.5. The number of aromatic nitrogens is 1. The number of carbonyl (C=O) groups is 1. The molecule has 2 N–H and O–H groups in total. The van der Waals surface area contributed by atoms with Crippen LogP contribution in [0.1, 0.15) is 64.0 Å². The van der Waals surface area contributed by atoms with Gasteiger partial charge in [0.1, 0.15) is 22.1 Å². The molecule has 2 fully saturated rings. The molecule has 6 rings (SSSR count). The molecule has 0 bridgehead atoms. The summed E-state index contributed by atoms with van der Waals surface area (Å²) in [4.78, 5) is 18.3. The Morgan fingerprint density at radius 1 is 1.06 bits per heavy atom. The summed E-state index contributed by atoms with van der Waals surface area (Å²) >= 11 is 4.86. The van der Waals surface area contributed by atoms with Gasteiger partial charge in [-0.3, -0.25) is 9.78 Å². The maximum absolute atomic E-state index is 15.7. The van der Waals surface area contributed by atoms with Crippen molar-refractivity contribution in [3.8, 4) is 0 Å². The average molecular weight is 741 g/mol. The molecule has 4 aromatic rings. The van der Waals surface area contributed by atoms with E-state index in [9.17, 15) is 17.8 Å². The van der Waals surface area contributed by atoms with Gasteiger partial charge in [0.25, 0.3) is 0 Å². The normalized spacial score (nSPS) is 20.5. The SMILES string of the molecule is CO[C@@H]1C[C@H](C(=O)Nc2cc(C(CCC3CC3)(N[S+]([O-])C(C)(C)C)c3ccncc3)ccc2F)N(S(=O)(=O)c2cccc3c(Cl)cccc23)C1. The van der Waals surface area contributed by atoms with Crippen LogP contribution in [0.15, 0.2) is 84.0 Å². The molecule has 2 aliphatic rings. The summed E-state index contributed by atoms with van der Waals surface area (Å²) < 4.78 is 67.4. The van der Waals surface area contributed by atoms with Gasteiger partial charge in [-0.1, -0.05) is 54.8 Å². The second kappa shape index (κ2) is 14.5. The first-order valence-electron chi connectivity index (χ1n) is 16.7. The first kappa shape index (κ1) is 36.7. The molecule has 0 radical (unpaired) electrons. The van der Waals surface area contributed by atoms with Gasteiger partial charge < -0.3 is 14.6 Å². The van der Waals surface area contributed by atoms with Crippen LogP contribution in [0.25, 0.3) is 10.8 Å². The number of fused-ring (bicyclic) bond motifs is 1. The Morgan fingerprint density at radius 2 is 1.76 bits per heavy atom. The molecule has 1 aliphatic carbocycles. The van der Waals surface area contributed by atoms with Crippen LogP contribution in [0.5, 0.6) is 0 Å². The number of halogens is 2. The van der Waals surface area contributed by atoms with E-state index in [2.05, 4.69) is 15.0 Å². The molecule has 1 saturated carbocycles. The second-order valence-electron chi connectivity index (χ2n) is 14.1. The molecule has 3 aromatic carbocycles. The lowest BCUT2D eigenvalue weighted by molar-refractivity contribution is -0.119. The number of pyridine rings is 1. The van der Waals surface area contributed by atoms with Crippen molar-refractivity contribution in [2.75, 3.05) is 19.0 Å². The van der Waals surface area contributed by atoms with E-state index < -0.39 is 55.5 Å². The van der Waals surface area contributed by atoms with Gasteiger partial charge in [0, 0.05) is 59.6 Å². The number of ether oxygens (including phenoxy) is 1. The van der Waals surface area contributed by atoms with Gasteiger partial charge >= 0.3 is 0 Å². The summed E-state index contributed by atoms with van der Waals surface area (Å²) in [7, 11) is -2.77. The quantitative estimate of drug-likeness (QED) is 0.151. The predicted molar refractivity (Wildman–Crippen MR) is 195 cm³/mol. The molecular formula is C37H42ClFN4O5S2. The van der Waals surface area contributed by atoms with Crippen molar-refractivity contribution in [1.82, 2.24) is 14.0 Å². The zero-order chi connectivity index (χ0) is 35.8. The number of sulfonamides is 1. The fourth-order valence-corrected chi connectivity index (χ4v) is 9.58. The van der Waals surface area contributed by atoms with Crippen molar-refractivity contribution in [2.24, 2.45) is 5.92 Å². The highest BCUT2D eigenvalue weighted by molar-refractivity contribution is 7.90. The highest BCUT2D eigenvalue weighted by atomic mass is 35.5. The van der Waals surface area contributed by atoms with Crippen molar-refractivity contribution >= 4 is 55.4 Å². The topological polar surface area (TPSA) is 124 Å².